The lowest BCUT2D eigenvalue weighted by Gasteiger charge is -2.08. The minimum absolute atomic E-state index is 0.325. The average Bonchev–Trinajstić information content (AvgIpc) is 3.07. The first-order chi connectivity index (χ1) is 9.13. The van der Waals surface area contributed by atoms with Crippen LogP contribution in [0.15, 0.2) is 24.7 Å². The number of hydrogen-bond donors (Lipinski definition) is 1. The van der Waals surface area contributed by atoms with E-state index in [1.807, 2.05) is 28.8 Å². The molecule has 2 unspecified atom stereocenters. The van der Waals surface area contributed by atoms with E-state index < -0.39 is 0 Å². The maximum absolute atomic E-state index is 4.59. The van der Waals surface area contributed by atoms with E-state index in [0.717, 1.165) is 18.7 Å². The van der Waals surface area contributed by atoms with Gasteiger partial charge in [-0.05, 0) is 33.4 Å². The third-order valence-electron chi connectivity index (χ3n) is 3.62. The second kappa shape index (κ2) is 6.02. The van der Waals surface area contributed by atoms with Gasteiger partial charge in [0.15, 0.2) is 0 Å². The fourth-order valence-electron chi connectivity index (χ4n) is 1.92. The maximum Gasteiger partial charge on any atom is 0.0849 e. The highest BCUT2D eigenvalue weighted by Crippen LogP contribution is 2.12. The summed E-state index contributed by atoms with van der Waals surface area (Å²) in [5.74, 6) is 0. The lowest BCUT2D eigenvalue weighted by molar-refractivity contribution is 0.471. The summed E-state index contributed by atoms with van der Waals surface area (Å²) in [6.45, 7) is 7.20. The fraction of sp³-hybridized carbons (Fsp3) is 0.571. The molecule has 19 heavy (non-hydrogen) atoms. The van der Waals surface area contributed by atoms with Crippen molar-refractivity contribution in [3.63, 3.8) is 0 Å². The summed E-state index contributed by atoms with van der Waals surface area (Å²) in [6, 6.07) is 2.84. The smallest absolute Gasteiger partial charge is 0.0849 e. The zero-order chi connectivity index (χ0) is 13.8. The molecule has 2 heterocycles. The van der Waals surface area contributed by atoms with Crippen LogP contribution in [0, 0.1) is 0 Å². The Morgan fingerprint density at radius 3 is 2.84 bits per heavy atom. The third-order valence-corrected chi connectivity index (χ3v) is 3.62. The van der Waals surface area contributed by atoms with Crippen LogP contribution in [0.5, 0.6) is 0 Å². The van der Waals surface area contributed by atoms with Gasteiger partial charge < -0.3 is 5.32 Å². The molecule has 0 bridgehead atoms. The van der Waals surface area contributed by atoms with Crippen molar-refractivity contribution >= 4 is 0 Å². The molecule has 2 aromatic rings. The lowest BCUT2D eigenvalue weighted by Crippen LogP contribution is -2.11. The van der Waals surface area contributed by atoms with Gasteiger partial charge in [0, 0.05) is 30.0 Å². The van der Waals surface area contributed by atoms with Crippen LogP contribution in [0.25, 0.3) is 0 Å². The first-order valence-corrected chi connectivity index (χ1v) is 6.87. The normalized spacial score (nSPS) is 14.5. The monoisotopic (exact) mass is 261 g/mol. The molecule has 2 rings (SSSR count). The van der Waals surface area contributed by atoms with Crippen LogP contribution < -0.4 is 5.32 Å². The van der Waals surface area contributed by atoms with E-state index in [2.05, 4.69) is 48.5 Å². The van der Waals surface area contributed by atoms with Crippen molar-refractivity contribution in [3.05, 3.63) is 35.9 Å². The number of nitrogens with zero attached hydrogens (tertiary/aromatic N) is 4. The number of nitrogens with one attached hydrogen (secondary N) is 1. The van der Waals surface area contributed by atoms with E-state index in [4.69, 9.17) is 0 Å². The molecule has 0 fully saturated rings. The number of hydrogen-bond acceptors (Lipinski definition) is 3. The molecule has 5 nitrogen and oxygen atoms in total. The van der Waals surface area contributed by atoms with Crippen molar-refractivity contribution in [2.45, 2.75) is 45.8 Å². The van der Waals surface area contributed by atoms with Gasteiger partial charge in [-0.25, -0.2) is 0 Å². The summed E-state index contributed by atoms with van der Waals surface area (Å²) >= 11 is 0. The molecular weight excluding hydrogens is 238 g/mol. The van der Waals surface area contributed by atoms with E-state index in [9.17, 15) is 0 Å². The molecule has 104 valence electrons. The Hall–Kier alpha value is -1.62. The van der Waals surface area contributed by atoms with Gasteiger partial charge in [0.2, 0.25) is 0 Å². The topological polar surface area (TPSA) is 47.7 Å². The maximum atomic E-state index is 4.59. The Morgan fingerprint density at radius 1 is 1.37 bits per heavy atom. The Kier molecular flexibility index (Phi) is 4.37. The first kappa shape index (κ1) is 13.8. The molecule has 0 spiro atoms. The minimum atomic E-state index is 0.325. The summed E-state index contributed by atoms with van der Waals surface area (Å²) in [5, 5.41) is 12.2. The van der Waals surface area contributed by atoms with Crippen LogP contribution in [0.4, 0.5) is 0 Å². The molecule has 2 aromatic heterocycles. The van der Waals surface area contributed by atoms with Gasteiger partial charge in [-0.3, -0.25) is 9.36 Å². The molecule has 1 N–H and O–H groups in total. The van der Waals surface area contributed by atoms with Crippen LogP contribution in [0.3, 0.4) is 0 Å². The SMILES string of the molecule is CCC(C)n1ccc(Cn2cc(C(C)NC)cn2)n1. The highest BCUT2D eigenvalue weighted by molar-refractivity contribution is 5.10. The molecule has 0 aliphatic heterocycles. The van der Waals surface area contributed by atoms with Gasteiger partial charge in [0.1, 0.15) is 0 Å². The standard InChI is InChI=1S/C14H23N5/c1-5-11(2)19-7-6-14(17-19)10-18-9-13(8-16-18)12(3)15-4/h6-9,11-12,15H,5,10H2,1-4H3. The van der Waals surface area contributed by atoms with Crippen LogP contribution in [-0.2, 0) is 6.54 Å². The molecule has 2 atom stereocenters. The van der Waals surface area contributed by atoms with E-state index >= 15 is 0 Å². The predicted octanol–water partition coefficient (Wildman–Crippen LogP) is 2.38. The van der Waals surface area contributed by atoms with E-state index in [-0.39, 0.29) is 0 Å². The van der Waals surface area contributed by atoms with Crippen molar-refractivity contribution in [2.24, 2.45) is 0 Å². The molecular formula is C14H23N5. The Morgan fingerprint density at radius 2 is 2.16 bits per heavy atom. The molecule has 0 aliphatic rings. The van der Waals surface area contributed by atoms with E-state index in [0.29, 0.717) is 12.1 Å². The molecule has 0 aromatic carbocycles. The average molecular weight is 261 g/mol. The summed E-state index contributed by atoms with van der Waals surface area (Å²) < 4.78 is 3.96. The zero-order valence-electron chi connectivity index (χ0n) is 12.2. The summed E-state index contributed by atoms with van der Waals surface area (Å²) in [7, 11) is 1.95. The number of aromatic nitrogens is 4. The summed E-state index contributed by atoms with van der Waals surface area (Å²) in [5.41, 5.74) is 2.25. The van der Waals surface area contributed by atoms with Crippen LogP contribution in [0.1, 0.15) is 50.5 Å². The molecule has 0 amide bonds. The predicted molar refractivity (Wildman–Crippen MR) is 76.0 cm³/mol. The van der Waals surface area contributed by atoms with E-state index in [1.54, 1.807) is 0 Å². The zero-order valence-corrected chi connectivity index (χ0v) is 12.2. The van der Waals surface area contributed by atoms with Crippen molar-refractivity contribution in [1.29, 1.82) is 0 Å². The summed E-state index contributed by atoms with van der Waals surface area (Å²) in [4.78, 5) is 0. The van der Waals surface area contributed by atoms with Crippen molar-refractivity contribution in [2.75, 3.05) is 7.05 Å². The quantitative estimate of drug-likeness (QED) is 0.868. The van der Waals surface area contributed by atoms with Gasteiger partial charge >= 0.3 is 0 Å². The molecule has 0 saturated heterocycles. The fourth-order valence-corrected chi connectivity index (χ4v) is 1.92. The van der Waals surface area contributed by atoms with Crippen molar-refractivity contribution < 1.29 is 0 Å². The Labute approximate surface area is 114 Å². The molecule has 0 radical (unpaired) electrons. The number of rotatable bonds is 6. The van der Waals surface area contributed by atoms with Gasteiger partial charge in [-0.1, -0.05) is 6.92 Å². The summed E-state index contributed by atoms with van der Waals surface area (Å²) in [6.07, 6.45) is 7.12. The largest absolute Gasteiger partial charge is 0.313 e. The van der Waals surface area contributed by atoms with Crippen LogP contribution >= 0.6 is 0 Å². The van der Waals surface area contributed by atoms with E-state index in [1.165, 1.54) is 5.56 Å². The second-order valence-electron chi connectivity index (χ2n) is 5.03. The van der Waals surface area contributed by atoms with Gasteiger partial charge in [0.25, 0.3) is 0 Å². The lowest BCUT2D eigenvalue weighted by atomic mass is 10.2. The second-order valence-corrected chi connectivity index (χ2v) is 5.03. The van der Waals surface area contributed by atoms with Gasteiger partial charge in [-0.2, -0.15) is 10.2 Å². The first-order valence-electron chi connectivity index (χ1n) is 6.87. The Bertz CT molecular complexity index is 467. The van der Waals surface area contributed by atoms with Crippen molar-refractivity contribution in [3.8, 4) is 0 Å². The Balaban J connectivity index is 2.04. The van der Waals surface area contributed by atoms with Gasteiger partial charge in [0.05, 0.1) is 18.4 Å². The minimum Gasteiger partial charge on any atom is -0.313 e. The van der Waals surface area contributed by atoms with Gasteiger partial charge in [-0.15, -0.1) is 0 Å². The van der Waals surface area contributed by atoms with Crippen LogP contribution in [-0.4, -0.2) is 26.6 Å². The molecule has 0 saturated carbocycles. The molecule has 5 heteroatoms. The molecule has 0 aliphatic carbocycles. The highest BCUT2D eigenvalue weighted by Gasteiger charge is 2.08. The highest BCUT2D eigenvalue weighted by atomic mass is 15.3. The van der Waals surface area contributed by atoms with Crippen LogP contribution in [0.2, 0.25) is 0 Å². The van der Waals surface area contributed by atoms with Crippen molar-refractivity contribution in [1.82, 2.24) is 24.9 Å². The third kappa shape index (κ3) is 3.23.